The van der Waals surface area contributed by atoms with Crippen LogP contribution >= 0.6 is 0 Å². The van der Waals surface area contributed by atoms with E-state index < -0.39 is 0 Å². The molecule has 0 fully saturated rings. The molecule has 0 aromatic carbocycles. The number of nitrogens with zero attached hydrogens (tertiary/aromatic N) is 2. The first-order chi connectivity index (χ1) is 6.09. The third kappa shape index (κ3) is 1.30. The molecule has 0 bridgehead atoms. The van der Waals surface area contributed by atoms with Crippen molar-refractivity contribution in [3.63, 3.8) is 0 Å². The van der Waals surface area contributed by atoms with E-state index in [1.54, 1.807) is 12.5 Å². The van der Waals surface area contributed by atoms with E-state index in [-0.39, 0.29) is 5.41 Å². The van der Waals surface area contributed by atoms with Crippen molar-refractivity contribution in [3.8, 4) is 0 Å². The molecule has 0 saturated heterocycles. The molecule has 68 valence electrons. The molecule has 0 saturated carbocycles. The Labute approximate surface area is 76.8 Å². The number of hydrogen-bond donors (Lipinski definition) is 0. The van der Waals surface area contributed by atoms with Crippen molar-refractivity contribution in [2.45, 2.75) is 26.2 Å². The number of rotatable bonds is 0. The molecular weight excluding hydrogens is 164 g/mol. The standard InChI is InChI=1S/C10H12N2O/c1-10(2,3)7-4-5-11-8-6-13-12-9(7)8/h4-6H,1-3H3. The second-order valence-corrected chi connectivity index (χ2v) is 4.16. The Balaban J connectivity index is 2.75. The van der Waals surface area contributed by atoms with Gasteiger partial charge in [0.25, 0.3) is 0 Å². The summed E-state index contributed by atoms with van der Waals surface area (Å²) in [4.78, 5) is 4.16. The van der Waals surface area contributed by atoms with Crippen LogP contribution in [0.5, 0.6) is 0 Å². The van der Waals surface area contributed by atoms with Gasteiger partial charge in [-0.25, -0.2) is 0 Å². The average molecular weight is 176 g/mol. The van der Waals surface area contributed by atoms with E-state index in [4.69, 9.17) is 4.52 Å². The van der Waals surface area contributed by atoms with E-state index >= 15 is 0 Å². The minimum atomic E-state index is 0.0814. The summed E-state index contributed by atoms with van der Waals surface area (Å²) < 4.78 is 4.89. The Morgan fingerprint density at radius 3 is 2.77 bits per heavy atom. The van der Waals surface area contributed by atoms with Gasteiger partial charge in [0, 0.05) is 6.20 Å². The summed E-state index contributed by atoms with van der Waals surface area (Å²) in [7, 11) is 0. The molecule has 2 aromatic rings. The van der Waals surface area contributed by atoms with Crippen molar-refractivity contribution in [3.05, 3.63) is 24.1 Å². The van der Waals surface area contributed by atoms with E-state index in [9.17, 15) is 0 Å². The molecule has 0 amide bonds. The zero-order chi connectivity index (χ0) is 9.47. The molecule has 0 radical (unpaired) electrons. The van der Waals surface area contributed by atoms with Crippen LogP contribution in [-0.2, 0) is 5.41 Å². The van der Waals surface area contributed by atoms with Gasteiger partial charge in [0.1, 0.15) is 17.3 Å². The minimum absolute atomic E-state index is 0.0814. The van der Waals surface area contributed by atoms with Gasteiger partial charge in [0.05, 0.1) is 0 Å². The van der Waals surface area contributed by atoms with Gasteiger partial charge in [-0.05, 0) is 17.0 Å². The Hall–Kier alpha value is -1.38. The number of pyridine rings is 1. The molecule has 0 aliphatic carbocycles. The summed E-state index contributed by atoms with van der Waals surface area (Å²) in [6, 6.07) is 1.99. The van der Waals surface area contributed by atoms with Gasteiger partial charge in [-0.15, -0.1) is 0 Å². The van der Waals surface area contributed by atoms with Gasteiger partial charge in [0.2, 0.25) is 0 Å². The summed E-state index contributed by atoms with van der Waals surface area (Å²) >= 11 is 0. The van der Waals surface area contributed by atoms with E-state index in [2.05, 4.69) is 30.9 Å². The maximum absolute atomic E-state index is 4.89. The molecule has 0 atom stereocenters. The smallest absolute Gasteiger partial charge is 0.150 e. The van der Waals surface area contributed by atoms with Crippen molar-refractivity contribution < 1.29 is 4.52 Å². The molecule has 2 rings (SSSR count). The van der Waals surface area contributed by atoms with Crippen molar-refractivity contribution in [1.29, 1.82) is 0 Å². The van der Waals surface area contributed by atoms with Gasteiger partial charge in [-0.3, -0.25) is 4.98 Å². The molecule has 0 spiro atoms. The molecule has 0 aliphatic heterocycles. The van der Waals surface area contributed by atoms with Crippen LogP contribution in [0.25, 0.3) is 11.0 Å². The van der Waals surface area contributed by atoms with E-state index in [1.165, 1.54) is 5.56 Å². The van der Waals surface area contributed by atoms with Gasteiger partial charge in [-0.2, -0.15) is 0 Å². The van der Waals surface area contributed by atoms with Gasteiger partial charge < -0.3 is 4.52 Å². The Kier molecular flexibility index (Phi) is 1.62. The summed E-state index contributed by atoms with van der Waals surface area (Å²) in [5.41, 5.74) is 2.95. The molecule has 0 aliphatic rings. The quantitative estimate of drug-likeness (QED) is 0.619. The van der Waals surface area contributed by atoms with Crippen LogP contribution in [0.15, 0.2) is 23.0 Å². The molecule has 0 unspecified atom stereocenters. The van der Waals surface area contributed by atoms with Crippen molar-refractivity contribution in [2.24, 2.45) is 0 Å². The van der Waals surface area contributed by atoms with Gasteiger partial charge >= 0.3 is 0 Å². The molecule has 13 heavy (non-hydrogen) atoms. The van der Waals surface area contributed by atoms with Crippen LogP contribution in [0.3, 0.4) is 0 Å². The lowest BCUT2D eigenvalue weighted by atomic mass is 9.87. The highest BCUT2D eigenvalue weighted by Crippen LogP contribution is 2.27. The summed E-state index contributed by atoms with van der Waals surface area (Å²) in [5, 5.41) is 3.95. The Morgan fingerprint density at radius 1 is 1.31 bits per heavy atom. The number of fused-ring (bicyclic) bond motifs is 1. The summed E-state index contributed by atoms with van der Waals surface area (Å²) in [6.07, 6.45) is 3.37. The SMILES string of the molecule is CC(C)(C)c1ccnc2conc12. The van der Waals surface area contributed by atoms with E-state index in [0.29, 0.717) is 0 Å². The van der Waals surface area contributed by atoms with Crippen LogP contribution < -0.4 is 0 Å². The molecule has 0 N–H and O–H groups in total. The van der Waals surface area contributed by atoms with Gasteiger partial charge in [-0.1, -0.05) is 25.9 Å². The molecule has 2 heterocycles. The zero-order valence-electron chi connectivity index (χ0n) is 8.03. The van der Waals surface area contributed by atoms with Crippen molar-refractivity contribution >= 4 is 11.0 Å². The van der Waals surface area contributed by atoms with E-state index in [0.717, 1.165) is 11.0 Å². The first kappa shape index (κ1) is 8.23. The number of hydrogen-bond acceptors (Lipinski definition) is 3. The Bertz CT molecular complexity index is 426. The largest absolute Gasteiger partial charge is 0.362 e. The van der Waals surface area contributed by atoms with Crippen molar-refractivity contribution in [2.75, 3.05) is 0 Å². The molecular formula is C10H12N2O. The van der Waals surface area contributed by atoms with Crippen LogP contribution in [0, 0.1) is 0 Å². The predicted octanol–water partition coefficient (Wildman–Crippen LogP) is 2.52. The lowest BCUT2D eigenvalue weighted by molar-refractivity contribution is 0.426. The minimum Gasteiger partial charge on any atom is -0.362 e. The monoisotopic (exact) mass is 176 g/mol. The first-order valence-electron chi connectivity index (χ1n) is 4.28. The van der Waals surface area contributed by atoms with Gasteiger partial charge in [0.15, 0.2) is 0 Å². The fourth-order valence-electron chi connectivity index (χ4n) is 1.39. The van der Waals surface area contributed by atoms with Crippen LogP contribution in [-0.4, -0.2) is 10.1 Å². The normalized spacial score (nSPS) is 12.2. The zero-order valence-corrected chi connectivity index (χ0v) is 8.03. The average Bonchev–Trinajstić information content (AvgIpc) is 2.48. The lowest BCUT2D eigenvalue weighted by Gasteiger charge is -2.18. The van der Waals surface area contributed by atoms with Crippen LogP contribution in [0.1, 0.15) is 26.3 Å². The predicted molar refractivity (Wildman–Crippen MR) is 50.5 cm³/mol. The second-order valence-electron chi connectivity index (χ2n) is 4.16. The summed E-state index contributed by atoms with van der Waals surface area (Å²) in [6.45, 7) is 6.45. The van der Waals surface area contributed by atoms with E-state index in [1.807, 2.05) is 6.07 Å². The third-order valence-corrected chi connectivity index (χ3v) is 2.07. The maximum Gasteiger partial charge on any atom is 0.150 e. The topological polar surface area (TPSA) is 38.9 Å². The second kappa shape index (κ2) is 2.55. The molecule has 3 nitrogen and oxygen atoms in total. The summed E-state index contributed by atoms with van der Waals surface area (Å²) in [5.74, 6) is 0. The lowest BCUT2D eigenvalue weighted by Crippen LogP contribution is -2.11. The number of aromatic nitrogens is 2. The molecule has 3 heteroatoms. The third-order valence-electron chi connectivity index (χ3n) is 2.07. The highest BCUT2D eigenvalue weighted by atomic mass is 16.5. The maximum atomic E-state index is 4.89. The Morgan fingerprint density at radius 2 is 2.08 bits per heavy atom. The fraction of sp³-hybridized carbons (Fsp3) is 0.400. The molecule has 2 aromatic heterocycles. The highest BCUT2D eigenvalue weighted by molar-refractivity contribution is 5.77. The van der Waals surface area contributed by atoms with Crippen molar-refractivity contribution in [1.82, 2.24) is 10.1 Å². The fourth-order valence-corrected chi connectivity index (χ4v) is 1.39. The first-order valence-corrected chi connectivity index (χ1v) is 4.28. The van der Waals surface area contributed by atoms with Crippen LogP contribution in [0.2, 0.25) is 0 Å². The highest BCUT2D eigenvalue weighted by Gasteiger charge is 2.18. The van der Waals surface area contributed by atoms with Crippen LogP contribution in [0.4, 0.5) is 0 Å².